The second-order valence-corrected chi connectivity index (χ2v) is 4.77. The highest BCUT2D eigenvalue weighted by Gasteiger charge is 2.15. The summed E-state index contributed by atoms with van der Waals surface area (Å²) in [6, 6.07) is 7.93. The molecule has 0 fully saturated rings. The third kappa shape index (κ3) is 1.80. The average molecular weight is 304 g/mol. The fourth-order valence-corrected chi connectivity index (χ4v) is 2.29. The Morgan fingerprint density at radius 3 is 2.83 bits per heavy atom. The molecule has 0 saturated carbocycles. The maximum Gasteiger partial charge on any atom is 0.153 e. The first kappa shape index (κ1) is 11.0. The molecule has 0 unspecified atom stereocenters. The Balaban J connectivity index is 2.20. The van der Waals surface area contributed by atoms with E-state index in [0.29, 0.717) is 5.82 Å². The van der Waals surface area contributed by atoms with E-state index in [-0.39, 0.29) is 0 Å². The lowest BCUT2D eigenvalue weighted by Crippen LogP contribution is -1.88. The van der Waals surface area contributed by atoms with E-state index in [1.807, 2.05) is 24.3 Å². The van der Waals surface area contributed by atoms with Crippen molar-refractivity contribution in [1.82, 2.24) is 20.4 Å². The number of aromatic amines is 2. The van der Waals surface area contributed by atoms with Gasteiger partial charge in [-0.1, -0.05) is 28.1 Å². The monoisotopic (exact) mass is 303 g/mol. The van der Waals surface area contributed by atoms with Gasteiger partial charge in [0.05, 0.1) is 17.5 Å². The molecule has 4 N–H and O–H groups in total. The number of benzene rings is 1. The molecule has 0 aliphatic rings. The molecule has 0 saturated heterocycles. The van der Waals surface area contributed by atoms with Crippen molar-refractivity contribution in [2.45, 2.75) is 0 Å². The lowest BCUT2D eigenvalue weighted by atomic mass is 10.0. The number of hydrogen-bond acceptors (Lipinski definition) is 3. The van der Waals surface area contributed by atoms with E-state index in [4.69, 9.17) is 5.73 Å². The molecular weight excluding hydrogens is 294 g/mol. The van der Waals surface area contributed by atoms with Crippen molar-refractivity contribution >= 4 is 21.7 Å². The first-order valence-electron chi connectivity index (χ1n) is 5.34. The van der Waals surface area contributed by atoms with E-state index in [1.165, 1.54) is 0 Å². The topological polar surface area (TPSA) is 83.4 Å². The predicted molar refractivity (Wildman–Crippen MR) is 73.7 cm³/mol. The van der Waals surface area contributed by atoms with Crippen LogP contribution in [0.5, 0.6) is 0 Å². The quantitative estimate of drug-likeness (QED) is 0.680. The molecule has 2 heterocycles. The van der Waals surface area contributed by atoms with Gasteiger partial charge < -0.3 is 5.73 Å². The molecule has 90 valence electrons. The Labute approximate surface area is 112 Å². The Bertz CT molecular complexity index is 672. The Kier molecular flexibility index (Phi) is 2.64. The van der Waals surface area contributed by atoms with Crippen molar-refractivity contribution in [2.75, 3.05) is 5.73 Å². The van der Waals surface area contributed by atoms with Crippen molar-refractivity contribution in [3.05, 3.63) is 41.1 Å². The molecule has 3 aromatic rings. The number of anilines is 1. The summed E-state index contributed by atoms with van der Waals surface area (Å²) < 4.78 is 0.999. The molecule has 0 aliphatic heterocycles. The second kappa shape index (κ2) is 4.30. The minimum Gasteiger partial charge on any atom is -0.382 e. The summed E-state index contributed by atoms with van der Waals surface area (Å²) in [6.07, 6.45) is 3.53. The van der Waals surface area contributed by atoms with Gasteiger partial charge in [-0.15, -0.1) is 0 Å². The predicted octanol–water partition coefficient (Wildman–Crippen LogP) is 2.81. The van der Waals surface area contributed by atoms with Crippen LogP contribution in [0.2, 0.25) is 0 Å². The summed E-state index contributed by atoms with van der Waals surface area (Å²) in [4.78, 5) is 0. The van der Waals surface area contributed by atoms with Crippen molar-refractivity contribution in [1.29, 1.82) is 0 Å². The lowest BCUT2D eigenvalue weighted by molar-refractivity contribution is 1.09. The highest BCUT2D eigenvalue weighted by atomic mass is 79.9. The molecule has 2 aromatic heterocycles. The zero-order chi connectivity index (χ0) is 12.5. The largest absolute Gasteiger partial charge is 0.382 e. The first-order chi connectivity index (χ1) is 8.75. The summed E-state index contributed by atoms with van der Waals surface area (Å²) in [7, 11) is 0. The van der Waals surface area contributed by atoms with Gasteiger partial charge in [0.1, 0.15) is 0 Å². The van der Waals surface area contributed by atoms with Crippen LogP contribution in [0.25, 0.3) is 22.4 Å². The molecule has 3 rings (SSSR count). The van der Waals surface area contributed by atoms with Gasteiger partial charge in [0.25, 0.3) is 0 Å². The van der Waals surface area contributed by atoms with Gasteiger partial charge in [-0.3, -0.25) is 10.2 Å². The van der Waals surface area contributed by atoms with Crippen LogP contribution in [0, 0.1) is 0 Å². The molecule has 0 aliphatic carbocycles. The normalized spacial score (nSPS) is 10.7. The van der Waals surface area contributed by atoms with E-state index < -0.39 is 0 Å². The zero-order valence-electron chi connectivity index (χ0n) is 9.31. The number of rotatable bonds is 2. The fourth-order valence-electron chi connectivity index (χ4n) is 1.89. The third-order valence-corrected chi connectivity index (χ3v) is 3.19. The molecular formula is C12H10BrN5. The van der Waals surface area contributed by atoms with Crippen LogP contribution in [0.15, 0.2) is 41.1 Å². The number of nitrogens with two attached hydrogens (primary N) is 1. The highest BCUT2D eigenvalue weighted by molar-refractivity contribution is 9.10. The van der Waals surface area contributed by atoms with Crippen LogP contribution in [0.1, 0.15) is 0 Å². The number of nitrogens with zero attached hydrogens (tertiary/aromatic N) is 2. The number of H-pyrrole nitrogens is 2. The molecule has 0 radical (unpaired) electrons. The van der Waals surface area contributed by atoms with E-state index in [0.717, 1.165) is 26.9 Å². The van der Waals surface area contributed by atoms with Gasteiger partial charge in [0, 0.05) is 16.2 Å². The van der Waals surface area contributed by atoms with E-state index >= 15 is 0 Å². The number of halogens is 1. The molecule has 18 heavy (non-hydrogen) atoms. The average Bonchev–Trinajstić information content (AvgIpc) is 2.97. The highest BCUT2D eigenvalue weighted by Crippen LogP contribution is 2.35. The van der Waals surface area contributed by atoms with Crippen LogP contribution in [-0.2, 0) is 0 Å². The summed E-state index contributed by atoms with van der Waals surface area (Å²) in [5.74, 6) is 0.476. The Morgan fingerprint density at radius 1 is 1.22 bits per heavy atom. The van der Waals surface area contributed by atoms with Gasteiger partial charge in [0.2, 0.25) is 0 Å². The van der Waals surface area contributed by atoms with Crippen LogP contribution in [-0.4, -0.2) is 20.4 Å². The molecule has 0 bridgehead atoms. The Hall–Kier alpha value is -2.08. The number of hydrogen-bond donors (Lipinski definition) is 3. The van der Waals surface area contributed by atoms with Crippen LogP contribution < -0.4 is 5.73 Å². The van der Waals surface area contributed by atoms with Gasteiger partial charge in [-0.05, 0) is 17.7 Å². The summed E-state index contributed by atoms with van der Waals surface area (Å²) in [6.45, 7) is 0. The first-order valence-corrected chi connectivity index (χ1v) is 6.14. The SMILES string of the molecule is Nc1n[nH]c(-c2cn[nH]c2)c1-c1cccc(Br)c1. The molecule has 0 amide bonds. The minimum atomic E-state index is 0.476. The Morgan fingerprint density at radius 2 is 2.11 bits per heavy atom. The minimum absolute atomic E-state index is 0.476. The van der Waals surface area contributed by atoms with Crippen molar-refractivity contribution in [2.24, 2.45) is 0 Å². The molecule has 0 spiro atoms. The van der Waals surface area contributed by atoms with Gasteiger partial charge in [-0.2, -0.15) is 10.2 Å². The van der Waals surface area contributed by atoms with Gasteiger partial charge in [-0.25, -0.2) is 0 Å². The summed E-state index contributed by atoms with van der Waals surface area (Å²) in [5, 5.41) is 13.7. The number of aromatic nitrogens is 4. The fraction of sp³-hybridized carbons (Fsp3) is 0. The maximum absolute atomic E-state index is 5.94. The van der Waals surface area contributed by atoms with Crippen molar-refractivity contribution in [3.63, 3.8) is 0 Å². The summed E-state index contributed by atoms with van der Waals surface area (Å²) >= 11 is 3.46. The number of nitrogens with one attached hydrogen (secondary N) is 2. The second-order valence-electron chi connectivity index (χ2n) is 3.86. The zero-order valence-corrected chi connectivity index (χ0v) is 10.9. The van der Waals surface area contributed by atoms with E-state index in [2.05, 4.69) is 36.3 Å². The lowest BCUT2D eigenvalue weighted by Gasteiger charge is -2.03. The molecule has 0 atom stereocenters. The standard InChI is InChI=1S/C12H10BrN5/c13-9-3-1-2-7(4-9)10-11(17-18-12(10)14)8-5-15-16-6-8/h1-6H,(H,15,16)(H3,14,17,18). The molecule has 1 aromatic carbocycles. The van der Waals surface area contributed by atoms with Crippen LogP contribution in [0.4, 0.5) is 5.82 Å². The summed E-state index contributed by atoms with van der Waals surface area (Å²) in [5.41, 5.74) is 9.62. The van der Waals surface area contributed by atoms with Crippen LogP contribution >= 0.6 is 15.9 Å². The van der Waals surface area contributed by atoms with Crippen LogP contribution in [0.3, 0.4) is 0 Å². The van der Waals surface area contributed by atoms with E-state index in [9.17, 15) is 0 Å². The smallest absolute Gasteiger partial charge is 0.153 e. The maximum atomic E-state index is 5.94. The van der Waals surface area contributed by atoms with Gasteiger partial charge in [0.15, 0.2) is 5.82 Å². The number of nitrogen functional groups attached to an aromatic ring is 1. The third-order valence-electron chi connectivity index (χ3n) is 2.69. The van der Waals surface area contributed by atoms with E-state index in [1.54, 1.807) is 12.4 Å². The van der Waals surface area contributed by atoms with Crippen molar-refractivity contribution < 1.29 is 0 Å². The van der Waals surface area contributed by atoms with Gasteiger partial charge >= 0.3 is 0 Å². The molecule has 6 heteroatoms. The molecule has 5 nitrogen and oxygen atoms in total. The van der Waals surface area contributed by atoms with Crippen molar-refractivity contribution in [3.8, 4) is 22.4 Å².